The van der Waals surface area contributed by atoms with Crippen LogP contribution >= 0.6 is 0 Å². The Kier molecular flexibility index (Phi) is 7.30. The molecule has 0 radical (unpaired) electrons. The van der Waals surface area contributed by atoms with Crippen LogP contribution in [0.25, 0.3) is 16.3 Å². The lowest BCUT2D eigenvalue weighted by atomic mass is 10.0. The second-order valence-corrected chi connectivity index (χ2v) is 9.53. The minimum absolute atomic E-state index is 0.0324. The number of hydrogen-bond donors (Lipinski definition) is 3. The first-order valence-electron chi connectivity index (χ1n) is 11.0. The van der Waals surface area contributed by atoms with Gasteiger partial charge in [0.25, 0.3) is 5.91 Å². The molecule has 3 aromatic rings. The summed E-state index contributed by atoms with van der Waals surface area (Å²) < 4.78 is 49.6. The highest BCUT2D eigenvalue weighted by Gasteiger charge is 2.38. The number of hydrogen-bond acceptors (Lipinski definition) is 7. The summed E-state index contributed by atoms with van der Waals surface area (Å²) in [5.41, 5.74) is 1.34. The third-order valence-electron chi connectivity index (χ3n) is 5.48. The van der Waals surface area contributed by atoms with E-state index in [4.69, 9.17) is 10.1 Å². The quantitative estimate of drug-likeness (QED) is 0.219. The molecule has 1 amide bonds. The van der Waals surface area contributed by atoms with Crippen molar-refractivity contribution in [3.8, 4) is 5.75 Å². The summed E-state index contributed by atoms with van der Waals surface area (Å²) in [6.07, 6.45) is 3.68. The average molecular weight is 511 g/mol. The van der Waals surface area contributed by atoms with Crippen molar-refractivity contribution in [2.45, 2.75) is 13.0 Å². The predicted molar refractivity (Wildman–Crippen MR) is 135 cm³/mol. The Labute approximate surface area is 207 Å². The Morgan fingerprint density at radius 2 is 1.97 bits per heavy atom. The summed E-state index contributed by atoms with van der Waals surface area (Å²) in [6, 6.07) is 15.4. The monoisotopic (exact) mass is 510 g/mol. The molecule has 0 unspecified atom stereocenters. The van der Waals surface area contributed by atoms with E-state index in [0.717, 1.165) is 18.1 Å². The third kappa shape index (κ3) is 5.20. The molecule has 1 aliphatic heterocycles. The number of benzene rings is 3. The zero-order valence-electron chi connectivity index (χ0n) is 19.0. The van der Waals surface area contributed by atoms with Crippen molar-refractivity contribution in [1.82, 2.24) is 10.0 Å². The van der Waals surface area contributed by atoms with Gasteiger partial charge in [-0.3, -0.25) is 4.79 Å². The van der Waals surface area contributed by atoms with Crippen LogP contribution in [0.5, 0.6) is 5.75 Å². The van der Waals surface area contributed by atoms with Crippen molar-refractivity contribution in [3.63, 3.8) is 0 Å². The molecule has 186 valence electrons. The van der Waals surface area contributed by atoms with Gasteiger partial charge in [-0.05, 0) is 28.6 Å². The lowest BCUT2D eigenvalue weighted by Crippen LogP contribution is -2.30. The molecule has 9 nitrogen and oxygen atoms in total. The number of fused-ring (bicyclic) bond motifs is 1. The van der Waals surface area contributed by atoms with Crippen molar-refractivity contribution < 1.29 is 27.1 Å². The van der Waals surface area contributed by atoms with E-state index >= 15 is 4.39 Å². The molecule has 36 heavy (non-hydrogen) atoms. The molecule has 1 aliphatic rings. The van der Waals surface area contributed by atoms with E-state index in [1.807, 2.05) is 35.1 Å². The minimum atomic E-state index is -4.31. The first kappa shape index (κ1) is 24.9. The van der Waals surface area contributed by atoms with E-state index in [-0.39, 0.29) is 23.4 Å². The van der Waals surface area contributed by atoms with Crippen LogP contribution in [-0.2, 0) is 26.4 Å². The van der Waals surface area contributed by atoms with E-state index in [2.05, 4.69) is 5.32 Å². The maximum absolute atomic E-state index is 16.0. The largest absolute Gasteiger partial charge is 0.487 e. The predicted octanol–water partition coefficient (Wildman–Crippen LogP) is 2.91. The molecule has 0 aromatic heterocycles. The van der Waals surface area contributed by atoms with Crippen LogP contribution in [0, 0.1) is 11.2 Å². The van der Waals surface area contributed by atoms with Gasteiger partial charge in [-0.15, -0.1) is 0 Å². The molecule has 0 spiro atoms. The Balaban J connectivity index is 1.81. The topological polar surface area (TPSA) is 129 Å². The van der Waals surface area contributed by atoms with Gasteiger partial charge in [-0.2, -0.15) is 8.42 Å². The molecule has 3 N–H and O–H groups in total. The summed E-state index contributed by atoms with van der Waals surface area (Å²) >= 11 is 0. The van der Waals surface area contributed by atoms with E-state index in [0.29, 0.717) is 33.8 Å². The third-order valence-corrected chi connectivity index (χ3v) is 6.85. The first-order valence-corrected chi connectivity index (χ1v) is 12.4. The van der Waals surface area contributed by atoms with Crippen molar-refractivity contribution in [2.75, 3.05) is 17.4 Å². The molecule has 0 atom stereocenters. The summed E-state index contributed by atoms with van der Waals surface area (Å²) in [4.78, 5) is 22.4. The molecule has 1 saturated heterocycles. The molecule has 0 bridgehead atoms. The molecule has 4 rings (SSSR count). The maximum atomic E-state index is 16.0. The van der Waals surface area contributed by atoms with E-state index < -0.39 is 28.5 Å². The van der Waals surface area contributed by atoms with Gasteiger partial charge in [0, 0.05) is 36.3 Å². The Morgan fingerprint density at radius 1 is 1.19 bits per heavy atom. The number of carbonyl (C=O) groups excluding carboxylic acids is 2. The highest BCUT2D eigenvalue weighted by Crippen LogP contribution is 2.40. The number of anilines is 1. The zero-order chi connectivity index (χ0) is 25.7. The van der Waals surface area contributed by atoms with Crippen molar-refractivity contribution in [1.29, 1.82) is 5.41 Å². The SMILES string of the molecule is N=C/C(=C\NCCC=O)c1ccc2cc(OCc3ccccc3)c(N3CC(=O)NS3(=O)=O)c(F)c2c1. The van der Waals surface area contributed by atoms with Gasteiger partial charge in [-0.1, -0.05) is 42.5 Å². The average Bonchev–Trinajstić information content (AvgIpc) is 3.14. The number of aldehydes is 1. The highest BCUT2D eigenvalue weighted by molar-refractivity contribution is 7.92. The fourth-order valence-corrected chi connectivity index (χ4v) is 4.91. The summed E-state index contributed by atoms with van der Waals surface area (Å²) in [5.74, 6) is -1.70. The smallest absolute Gasteiger partial charge is 0.326 e. The standard InChI is InChI=1S/C25H23FN4O5S/c26-24-21-11-18(20(13-27)14-28-9-4-10-31)7-8-19(21)12-22(35-16-17-5-2-1-3-6-17)25(24)30-15-23(32)29-36(30,33)34/h1-3,5-8,10-14,27-28H,4,9,15-16H2,(H,29,32)/b20-14+,27-13?. The fourth-order valence-electron chi connectivity index (χ4n) is 3.75. The van der Waals surface area contributed by atoms with Crippen LogP contribution in [0.4, 0.5) is 10.1 Å². The summed E-state index contributed by atoms with van der Waals surface area (Å²) in [7, 11) is -4.31. The minimum Gasteiger partial charge on any atom is -0.487 e. The summed E-state index contributed by atoms with van der Waals surface area (Å²) in [6.45, 7) is -0.152. The molecule has 3 aromatic carbocycles. The van der Waals surface area contributed by atoms with Crippen LogP contribution in [0.1, 0.15) is 17.5 Å². The second-order valence-electron chi connectivity index (χ2n) is 7.94. The number of nitrogens with zero attached hydrogens (tertiary/aromatic N) is 1. The van der Waals surface area contributed by atoms with Crippen molar-refractivity contribution in [2.24, 2.45) is 0 Å². The molecule has 0 saturated carbocycles. The van der Waals surface area contributed by atoms with Gasteiger partial charge in [0.15, 0.2) is 5.82 Å². The van der Waals surface area contributed by atoms with Crippen LogP contribution in [0.2, 0.25) is 0 Å². The Bertz CT molecular complexity index is 1460. The number of amides is 1. The molecule has 11 heteroatoms. The maximum Gasteiger partial charge on any atom is 0.326 e. The number of carbonyl (C=O) groups is 2. The first-order chi connectivity index (χ1) is 17.3. The van der Waals surface area contributed by atoms with Crippen LogP contribution in [-0.4, -0.2) is 39.9 Å². The molecular formula is C25H23FN4O5S. The van der Waals surface area contributed by atoms with E-state index in [9.17, 15) is 18.0 Å². The van der Waals surface area contributed by atoms with Crippen molar-refractivity contribution >= 4 is 50.7 Å². The molecule has 0 aliphatic carbocycles. The highest BCUT2D eigenvalue weighted by atomic mass is 32.2. The van der Waals surface area contributed by atoms with Gasteiger partial charge < -0.3 is 20.3 Å². The lowest BCUT2D eigenvalue weighted by Gasteiger charge is -2.21. The second kappa shape index (κ2) is 10.6. The lowest BCUT2D eigenvalue weighted by molar-refractivity contribution is -0.117. The van der Waals surface area contributed by atoms with Crippen LogP contribution < -0.4 is 19.1 Å². The molecule has 1 fully saturated rings. The van der Waals surface area contributed by atoms with Gasteiger partial charge >= 0.3 is 10.2 Å². The normalized spacial score (nSPS) is 15.0. The van der Waals surface area contributed by atoms with Gasteiger partial charge in [0.1, 0.15) is 30.9 Å². The fraction of sp³-hybridized carbons (Fsp3) is 0.160. The summed E-state index contributed by atoms with van der Waals surface area (Å²) in [5, 5.41) is 11.2. The molecular weight excluding hydrogens is 487 g/mol. The van der Waals surface area contributed by atoms with Gasteiger partial charge in [-0.25, -0.2) is 13.4 Å². The zero-order valence-corrected chi connectivity index (χ0v) is 19.8. The Hall–Kier alpha value is -4.25. The van der Waals surface area contributed by atoms with Crippen LogP contribution in [0.3, 0.4) is 0 Å². The molecule has 1 heterocycles. The van der Waals surface area contributed by atoms with Gasteiger partial charge in [0.05, 0.1) is 0 Å². The van der Waals surface area contributed by atoms with E-state index in [1.54, 1.807) is 18.3 Å². The van der Waals surface area contributed by atoms with E-state index in [1.165, 1.54) is 12.1 Å². The number of rotatable bonds is 10. The van der Waals surface area contributed by atoms with Crippen molar-refractivity contribution in [3.05, 3.63) is 77.7 Å². The van der Waals surface area contributed by atoms with Gasteiger partial charge in [0.2, 0.25) is 0 Å². The Morgan fingerprint density at radius 3 is 2.64 bits per heavy atom. The number of ether oxygens (including phenoxy) is 1. The number of nitrogens with one attached hydrogen (secondary N) is 3. The number of halogens is 1. The number of allylic oxidation sites excluding steroid dienone is 1. The van der Waals surface area contributed by atoms with Crippen LogP contribution in [0.15, 0.2) is 60.8 Å².